The Morgan fingerprint density at radius 2 is 1.78 bits per heavy atom. The maximum absolute atomic E-state index is 13.1. The number of nitrogens with one attached hydrogen (secondary N) is 1. The third kappa shape index (κ3) is 6.81. The monoisotopic (exact) mass is 508 g/mol. The van der Waals surface area contributed by atoms with Gasteiger partial charge in [0, 0.05) is 16.6 Å². The molecule has 1 aromatic rings. The van der Waals surface area contributed by atoms with E-state index < -0.39 is 52.0 Å². The normalized spacial score (nSPS) is 18.1. The number of rotatable bonds is 7. The molecule has 1 aliphatic rings. The van der Waals surface area contributed by atoms with Gasteiger partial charge in [0.15, 0.2) is 0 Å². The van der Waals surface area contributed by atoms with Crippen LogP contribution in [0.2, 0.25) is 10.0 Å². The van der Waals surface area contributed by atoms with E-state index in [0.717, 1.165) is 11.4 Å². The van der Waals surface area contributed by atoms with E-state index >= 15 is 0 Å². The topological polar surface area (TPSA) is 119 Å². The molecule has 1 N–H and O–H groups in total. The summed E-state index contributed by atoms with van der Waals surface area (Å²) >= 11 is 11.9. The zero-order valence-corrected chi connectivity index (χ0v) is 20.5. The van der Waals surface area contributed by atoms with Gasteiger partial charge < -0.3 is 14.8 Å². The van der Waals surface area contributed by atoms with Crippen molar-refractivity contribution in [3.8, 4) is 0 Å². The number of hydrogen-bond acceptors (Lipinski definition) is 7. The number of sulfonamides is 1. The maximum atomic E-state index is 13.1. The van der Waals surface area contributed by atoms with E-state index in [9.17, 15) is 22.8 Å². The van der Waals surface area contributed by atoms with Crippen molar-refractivity contribution < 1.29 is 32.3 Å². The van der Waals surface area contributed by atoms with Gasteiger partial charge in [-0.15, -0.1) is 0 Å². The summed E-state index contributed by atoms with van der Waals surface area (Å²) in [5, 5.41) is 2.71. The first-order valence-corrected chi connectivity index (χ1v) is 12.0. The molecule has 0 unspecified atom stereocenters. The molecule has 32 heavy (non-hydrogen) atoms. The Morgan fingerprint density at radius 3 is 2.31 bits per heavy atom. The van der Waals surface area contributed by atoms with Gasteiger partial charge in [-0.1, -0.05) is 23.2 Å². The van der Waals surface area contributed by atoms with Crippen LogP contribution in [0.15, 0.2) is 23.1 Å². The highest BCUT2D eigenvalue weighted by Gasteiger charge is 2.41. The number of amides is 1. The summed E-state index contributed by atoms with van der Waals surface area (Å²) in [5.74, 6) is -2.28. The molecule has 0 aromatic heterocycles. The largest absolute Gasteiger partial charge is 0.467 e. The first-order chi connectivity index (χ1) is 14.7. The minimum atomic E-state index is -4.09. The van der Waals surface area contributed by atoms with E-state index in [1.165, 1.54) is 18.2 Å². The molecule has 178 valence electrons. The van der Waals surface area contributed by atoms with Crippen molar-refractivity contribution >= 4 is 51.1 Å². The Kier molecular flexibility index (Phi) is 8.55. The fraction of sp³-hybridized carbons (Fsp3) is 0.550. The molecule has 0 bridgehead atoms. The highest BCUT2D eigenvalue weighted by atomic mass is 35.5. The van der Waals surface area contributed by atoms with E-state index in [1.54, 1.807) is 20.8 Å². The van der Waals surface area contributed by atoms with Crippen molar-refractivity contribution in [3.05, 3.63) is 28.2 Å². The number of benzene rings is 1. The highest BCUT2D eigenvalue weighted by Crippen LogP contribution is 2.30. The zero-order chi connectivity index (χ0) is 24.3. The van der Waals surface area contributed by atoms with Crippen molar-refractivity contribution in [2.45, 2.75) is 62.6 Å². The van der Waals surface area contributed by atoms with Crippen LogP contribution >= 0.6 is 23.2 Å². The average molecular weight is 509 g/mol. The van der Waals surface area contributed by atoms with Crippen LogP contribution in [0.5, 0.6) is 0 Å². The molecule has 0 spiro atoms. The van der Waals surface area contributed by atoms with E-state index in [1.807, 2.05) is 0 Å². The van der Waals surface area contributed by atoms with Crippen LogP contribution in [0, 0.1) is 0 Å². The Labute approximate surface area is 197 Å². The van der Waals surface area contributed by atoms with E-state index in [-0.39, 0.29) is 27.9 Å². The molecule has 1 fully saturated rings. The molecule has 1 aliphatic heterocycles. The number of ether oxygens (including phenoxy) is 2. The van der Waals surface area contributed by atoms with Gasteiger partial charge in [-0.25, -0.2) is 13.2 Å². The Bertz CT molecular complexity index is 972. The lowest BCUT2D eigenvalue weighted by atomic mass is 10.1. The van der Waals surface area contributed by atoms with E-state index in [0.29, 0.717) is 6.42 Å². The third-order valence-electron chi connectivity index (χ3n) is 4.54. The summed E-state index contributed by atoms with van der Waals surface area (Å²) in [5.41, 5.74) is -0.781. The van der Waals surface area contributed by atoms with E-state index in [4.69, 9.17) is 27.9 Å². The Balaban J connectivity index is 2.22. The van der Waals surface area contributed by atoms with Crippen molar-refractivity contribution in [2.24, 2.45) is 0 Å². The van der Waals surface area contributed by atoms with Crippen molar-refractivity contribution in [1.29, 1.82) is 0 Å². The molecule has 9 nitrogen and oxygen atoms in total. The van der Waals surface area contributed by atoms with Gasteiger partial charge in [0.25, 0.3) is 0 Å². The van der Waals surface area contributed by atoms with Gasteiger partial charge in [-0.05, 0) is 51.8 Å². The third-order valence-corrected chi connectivity index (χ3v) is 6.86. The quantitative estimate of drug-likeness (QED) is 0.561. The molecular weight excluding hydrogens is 483 g/mol. The summed E-state index contributed by atoms with van der Waals surface area (Å²) in [4.78, 5) is 37.1. The summed E-state index contributed by atoms with van der Waals surface area (Å²) in [6, 6.07) is 1.48. The fourth-order valence-corrected chi connectivity index (χ4v) is 5.64. The molecule has 12 heteroatoms. The molecule has 1 aromatic carbocycles. The molecule has 1 saturated heterocycles. The fourth-order valence-electron chi connectivity index (χ4n) is 3.26. The molecule has 1 amide bonds. The van der Waals surface area contributed by atoms with Crippen LogP contribution in [0.4, 0.5) is 0 Å². The molecular formula is C20H26Cl2N2O7S. The number of halogens is 2. The van der Waals surface area contributed by atoms with Crippen molar-refractivity contribution in [3.63, 3.8) is 0 Å². The van der Waals surface area contributed by atoms with Gasteiger partial charge in [-0.2, -0.15) is 4.31 Å². The van der Waals surface area contributed by atoms with Gasteiger partial charge in [0.05, 0.1) is 18.4 Å². The van der Waals surface area contributed by atoms with Crippen LogP contribution in [-0.4, -0.2) is 61.9 Å². The van der Waals surface area contributed by atoms with Gasteiger partial charge >= 0.3 is 11.9 Å². The highest BCUT2D eigenvalue weighted by molar-refractivity contribution is 7.89. The van der Waals surface area contributed by atoms with Crippen LogP contribution in [-0.2, 0) is 33.9 Å². The lowest BCUT2D eigenvalue weighted by Crippen LogP contribution is -2.51. The minimum absolute atomic E-state index is 0.0967. The van der Waals surface area contributed by atoms with Crippen molar-refractivity contribution in [2.75, 3.05) is 13.7 Å². The standard InChI is InChI=1S/C20H26Cl2N2O7S/c1-20(2,3)31-17(25)11-15(19(27)30-4)23-18(26)16-6-5-7-24(16)32(28,29)14-9-12(21)8-13(22)10-14/h8-10,15-16H,5-7,11H2,1-4H3,(H,23,26)/t15-,16+/m1/s1. The molecule has 0 radical (unpaired) electrons. The van der Waals surface area contributed by atoms with E-state index in [2.05, 4.69) is 10.1 Å². The first-order valence-electron chi connectivity index (χ1n) is 9.82. The number of esters is 2. The molecule has 1 heterocycles. The minimum Gasteiger partial charge on any atom is -0.467 e. The summed E-state index contributed by atoms with van der Waals surface area (Å²) < 4.78 is 37.2. The molecule has 2 rings (SSSR count). The predicted octanol–water partition coefficient (Wildman–Crippen LogP) is 2.54. The molecule has 0 saturated carbocycles. The maximum Gasteiger partial charge on any atom is 0.328 e. The Hall–Kier alpha value is -1.88. The number of nitrogens with zero attached hydrogens (tertiary/aromatic N) is 1. The number of methoxy groups -OCH3 is 1. The number of carbonyl (C=O) groups is 3. The van der Waals surface area contributed by atoms with Crippen LogP contribution in [0.1, 0.15) is 40.0 Å². The second kappa shape index (κ2) is 10.4. The Morgan fingerprint density at radius 1 is 1.19 bits per heavy atom. The summed E-state index contributed by atoms with van der Waals surface area (Å²) in [7, 11) is -2.97. The smallest absolute Gasteiger partial charge is 0.328 e. The average Bonchev–Trinajstić information content (AvgIpc) is 3.15. The summed E-state index contributed by atoms with van der Waals surface area (Å²) in [6.45, 7) is 5.10. The second-order valence-electron chi connectivity index (χ2n) is 8.25. The second-order valence-corrected chi connectivity index (χ2v) is 11.0. The lowest BCUT2D eigenvalue weighted by Gasteiger charge is -2.26. The van der Waals surface area contributed by atoms with Gasteiger partial charge in [0.1, 0.15) is 17.7 Å². The summed E-state index contributed by atoms with van der Waals surface area (Å²) in [6.07, 6.45) is 0.208. The molecule has 0 aliphatic carbocycles. The zero-order valence-electron chi connectivity index (χ0n) is 18.2. The van der Waals surface area contributed by atoms with Crippen LogP contribution in [0.3, 0.4) is 0 Å². The SMILES string of the molecule is COC(=O)[C@@H](CC(=O)OC(C)(C)C)NC(=O)[C@@H]1CCCN1S(=O)(=O)c1cc(Cl)cc(Cl)c1. The lowest BCUT2D eigenvalue weighted by molar-refractivity contribution is -0.159. The molecule has 2 atom stereocenters. The first kappa shape index (κ1) is 26.4. The van der Waals surface area contributed by atoms with Gasteiger partial charge in [0.2, 0.25) is 15.9 Å². The van der Waals surface area contributed by atoms with Crippen LogP contribution in [0.25, 0.3) is 0 Å². The van der Waals surface area contributed by atoms with Crippen molar-refractivity contribution in [1.82, 2.24) is 9.62 Å². The predicted molar refractivity (Wildman–Crippen MR) is 118 cm³/mol. The number of carbonyl (C=O) groups excluding carboxylic acids is 3. The number of hydrogen-bond donors (Lipinski definition) is 1. The van der Waals surface area contributed by atoms with Gasteiger partial charge in [-0.3, -0.25) is 9.59 Å². The van der Waals surface area contributed by atoms with Crippen LogP contribution < -0.4 is 5.32 Å².